The maximum Gasteiger partial charge on any atom is 0.417 e. The van der Waals surface area contributed by atoms with Crippen molar-refractivity contribution in [3.05, 3.63) is 39.2 Å². The number of fused-ring (bicyclic) bond motifs is 1. The van der Waals surface area contributed by atoms with Gasteiger partial charge in [0.15, 0.2) is 5.58 Å². The molecule has 6 heteroatoms. The molecule has 0 aliphatic heterocycles. The molecule has 1 N–H and O–H groups in total. The van der Waals surface area contributed by atoms with Crippen molar-refractivity contribution < 1.29 is 4.42 Å². The van der Waals surface area contributed by atoms with Gasteiger partial charge in [-0.25, -0.2) is 4.79 Å². The highest BCUT2D eigenvalue weighted by Crippen LogP contribution is 2.18. The summed E-state index contributed by atoms with van der Waals surface area (Å²) in [5, 5.41) is 3.37. The third-order valence-electron chi connectivity index (χ3n) is 1.56. The number of H-pyrrole nitrogens is 1. The summed E-state index contributed by atoms with van der Waals surface area (Å²) in [6.07, 6.45) is 0. The number of nitrogens with zero attached hydrogens (tertiary/aromatic N) is 3. The second-order valence-corrected chi connectivity index (χ2v) is 2.38. The van der Waals surface area contributed by atoms with Gasteiger partial charge in [0, 0.05) is 10.6 Å². The Bertz CT molecular complexity index is 547. The normalized spacial score (nSPS) is 9.85. The Morgan fingerprint density at radius 2 is 2.38 bits per heavy atom. The van der Waals surface area contributed by atoms with Crippen LogP contribution in [0.25, 0.3) is 21.5 Å². The van der Waals surface area contributed by atoms with Crippen LogP contribution >= 0.6 is 0 Å². The molecule has 2 rings (SSSR count). The Kier molecular flexibility index (Phi) is 1.54. The van der Waals surface area contributed by atoms with Gasteiger partial charge < -0.3 is 4.42 Å². The minimum Gasteiger partial charge on any atom is -0.408 e. The monoisotopic (exact) mass is 176 g/mol. The first-order chi connectivity index (χ1) is 6.29. The second-order valence-electron chi connectivity index (χ2n) is 2.38. The minimum atomic E-state index is -0.520. The van der Waals surface area contributed by atoms with Crippen molar-refractivity contribution in [2.45, 2.75) is 0 Å². The van der Waals surface area contributed by atoms with Crippen molar-refractivity contribution >= 4 is 16.8 Å². The van der Waals surface area contributed by atoms with Crippen LogP contribution in [0.15, 0.2) is 32.5 Å². The summed E-state index contributed by atoms with van der Waals surface area (Å²) in [5.41, 5.74) is 9.54. The van der Waals surface area contributed by atoms with Crippen LogP contribution in [0.3, 0.4) is 0 Å². The van der Waals surface area contributed by atoms with Crippen molar-refractivity contribution in [1.82, 2.24) is 4.98 Å². The van der Waals surface area contributed by atoms with Gasteiger partial charge in [0.2, 0.25) is 0 Å². The molecular weight excluding hydrogens is 172 g/mol. The number of oxazole rings is 1. The molecule has 0 spiro atoms. The number of hydrogen-bond donors (Lipinski definition) is 1. The number of aromatic amines is 1. The Morgan fingerprint density at radius 1 is 1.54 bits per heavy atom. The van der Waals surface area contributed by atoms with Gasteiger partial charge in [-0.1, -0.05) is 11.2 Å². The molecule has 0 atom stereocenters. The van der Waals surface area contributed by atoms with Crippen LogP contribution in [0.1, 0.15) is 0 Å². The summed E-state index contributed by atoms with van der Waals surface area (Å²) in [7, 11) is 0. The lowest BCUT2D eigenvalue weighted by Crippen LogP contribution is -1.92. The summed E-state index contributed by atoms with van der Waals surface area (Å²) in [6.45, 7) is 0. The van der Waals surface area contributed by atoms with E-state index in [1.807, 2.05) is 0 Å². The molecule has 1 heterocycles. The van der Waals surface area contributed by atoms with E-state index < -0.39 is 5.76 Å². The predicted octanol–water partition coefficient (Wildman–Crippen LogP) is 2.06. The fraction of sp³-hybridized carbons (Fsp3) is 0. The van der Waals surface area contributed by atoms with E-state index in [1.165, 1.54) is 6.07 Å². The van der Waals surface area contributed by atoms with E-state index in [4.69, 9.17) is 9.95 Å². The molecule has 1 aromatic heterocycles. The molecule has 0 saturated carbocycles. The van der Waals surface area contributed by atoms with E-state index in [-0.39, 0.29) is 0 Å². The number of aromatic nitrogens is 1. The molecule has 2 aromatic rings. The number of hydrogen-bond acceptors (Lipinski definition) is 3. The van der Waals surface area contributed by atoms with Gasteiger partial charge in [-0.15, -0.1) is 0 Å². The number of nitrogens with one attached hydrogen (secondary N) is 1. The Balaban J connectivity index is 2.74. The highest BCUT2D eigenvalue weighted by molar-refractivity contribution is 5.75. The standard InChI is InChI=1S/C7H4N4O2/c8-11-10-4-1-2-5-6(3-4)13-7(12)9-5/h1-3H,(H,9,12). The Hall–Kier alpha value is -2.20. The highest BCUT2D eigenvalue weighted by atomic mass is 16.4. The first kappa shape index (κ1) is 7.45. The van der Waals surface area contributed by atoms with E-state index in [9.17, 15) is 4.79 Å². The van der Waals surface area contributed by atoms with Crippen LogP contribution in [-0.4, -0.2) is 4.98 Å². The number of rotatable bonds is 1. The lowest BCUT2D eigenvalue weighted by atomic mass is 10.3. The third-order valence-corrected chi connectivity index (χ3v) is 1.56. The maximum absolute atomic E-state index is 10.7. The average Bonchev–Trinajstić information content (AvgIpc) is 2.44. The van der Waals surface area contributed by atoms with E-state index in [0.717, 1.165) is 0 Å². The van der Waals surface area contributed by atoms with E-state index in [1.54, 1.807) is 12.1 Å². The van der Waals surface area contributed by atoms with Gasteiger partial charge in [-0.05, 0) is 17.7 Å². The molecular formula is C7H4N4O2. The molecule has 1 aromatic carbocycles. The molecule has 64 valence electrons. The topological polar surface area (TPSA) is 94.8 Å². The molecule has 6 nitrogen and oxygen atoms in total. The van der Waals surface area contributed by atoms with Crippen molar-refractivity contribution in [3.63, 3.8) is 0 Å². The van der Waals surface area contributed by atoms with Crippen molar-refractivity contribution in [1.29, 1.82) is 0 Å². The fourth-order valence-electron chi connectivity index (χ4n) is 1.05. The zero-order valence-electron chi connectivity index (χ0n) is 6.39. The van der Waals surface area contributed by atoms with E-state index in [2.05, 4.69) is 15.0 Å². The zero-order valence-corrected chi connectivity index (χ0v) is 6.39. The van der Waals surface area contributed by atoms with E-state index in [0.29, 0.717) is 16.8 Å². The van der Waals surface area contributed by atoms with Crippen LogP contribution in [0, 0.1) is 0 Å². The van der Waals surface area contributed by atoms with Crippen LogP contribution in [0.4, 0.5) is 5.69 Å². The molecule has 0 bridgehead atoms. The van der Waals surface area contributed by atoms with Crippen LogP contribution in [-0.2, 0) is 0 Å². The molecule has 0 aliphatic carbocycles. The van der Waals surface area contributed by atoms with Gasteiger partial charge in [-0.2, -0.15) is 0 Å². The molecule has 0 amide bonds. The number of azide groups is 1. The summed E-state index contributed by atoms with van der Waals surface area (Å²) < 4.78 is 4.76. The molecule has 0 radical (unpaired) electrons. The lowest BCUT2D eigenvalue weighted by molar-refractivity contribution is 0.555. The summed E-state index contributed by atoms with van der Waals surface area (Å²) >= 11 is 0. The van der Waals surface area contributed by atoms with Gasteiger partial charge in [0.05, 0.1) is 5.52 Å². The SMILES string of the molecule is [N-]=[N+]=Nc1ccc2[nH]c(=O)oc2c1. The van der Waals surface area contributed by atoms with E-state index >= 15 is 0 Å². The van der Waals surface area contributed by atoms with Crippen molar-refractivity contribution in [2.75, 3.05) is 0 Å². The smallest absolute Gasteiger partial charge is 0.408 e. The van der Waals surface area contributed by atoms with Gasteiger partial charge in [-0.3, -0.25) is 4.98 Å². The molecule has 0 saturated heterocycles. The van der Waals surface area contributed by atoms with Gasteiger partial charge in [0.25, 0.3) is 0 Å². The quantitative estimate of drug-likeness (QED) is 0.409. The Morgan fingerprint density at radius 3 is 3.15 bits per heavy atom. The maximum atomic E-state index is 10.7. The Labute approximate surface area is 71.4 Å². The first-order valence-corrected chi connectivity index (χ1v) is 3.47. The van der Waals surface area contributed by atoms with Crippen molar-refractivity contribution in [2.24, 2.45) is 5.11 Å². The summed E-state index contributed by atoms with van der Waals surface area (Å²) in [6, 6.07) is 4.70. The van der Waals surface area contributed by atoms with Crippen LogP contribution < -0.4 is 5.76 Å². The lowest BCUT2D eigenvalue weighted by Gasteiger charge is -1.88. The highest BCUT2D eigenvalue weighted by Gasteiger charge is 1.99. The second kappa shape index (κ2) is 2.69. The largest absolute Gasteiger partial charge is 0.417 e. The van der Waals surface area contributed by atoms with Crippen molar-refractivity contribution in [3.8, 4) is 0 Å². The van der Waals surface area contributed by atoms with Gasteiger partial charge >= 0.3 is 5.76 Å². The molecule has 0 aliphatic rings. The molecule has 0 unspecified atom stereocenters. The molecule has 0 fully saturated rings. The first-order valence-electron chi connectivity index (χ1n) is 3.47. The zero-order chi connectivity index (χ0) is 9.26. The predicted molar refractivity (Wildman–Crippen MR) is 45.6 cm³/mol. The summed E-state index contributed by atoms with van der Waals surface area (Å²) in [5.74, 6) is -0.520. The average molecular weight is 176 g/mol. The fourth-order valence-corrected chi connectivity index (χ4v) is 1.05. The van der Waals surface area contributed by atoms with Crippen LogP contribution in [0.2, 0.25) is 0 Å². The molecule has 13 heavy (non-hydrogen) atoms. The summed E-state index contributed by atoms with van der Waals surface area (Å²) in [4.78, 5) is 15.8. The third kappa shape index (κ3) is 1.25. The van der Waals surface area contributed by atoms with Crippen LogP contribution in [0.5, 0.6) is 0 Å². The van der Waals surface area contributed by atoms with Gasteiger partial charge in [0.1, 0.15) is 0 Å². The minimum absolute atomic E-state index is 0.384. The number of benzene rings is 1.